The fourth-order valence-corrected chi connectivity index (χ4v) is 2.36. The van der Waals surface area contributed by atoms with Gasteiger partial charge in [0.1, 0.15) is 11.5 Å². The predicted octanol–water partition coefficient (Wildman–Crippen LogP) is 4.37. The Hall–Kier alpha value is -2.80. The maximum absolute atomic E-state index is 13.7. The summed E-state index contributed by atoms with van der Waals surface area (Å²) in [6, 6.07) is 14.9. The Kier molecular flexibility index (Phi) is 4.81. The predicted molar refractivity (Wildman–Crippen MR) is 93.8 cm³/mol. The molecule has 0 aliphatic heterocycles. The van der Waals surface area contributed by atoms with Gasteiger partial charge in [-0.3, -0.25) is 4.79 Å². The number of para-hydroxylation sites is 2. The molecule has 5 nitrogen and oxygen atoms in total. The number of hydrogen-bond acceptors (Lipinski definition) is 4. The number of nitrogens with zero attached hydrogens (tertiary/aromatic N) is 2. The molecule has 7 heteroatoms. The zero-order valence-electron chi connectivity index (χ0n) is 12.3. The van der Waals surface area contributed by atoms with Crippen LogP contribution in [0.4, 0.5) is 21.7 Å². The number of aromatic nitrogens is 2. The van der Waals surface area contributed by atoms with Gasteiger partial charge in [-0.25, -0.2) is 14.4 Å². The Labute approximate surface area is 146 Å². The number of rotatable bonds is 4. The normalized spacial score (nSPS) is 10.2. The number of carbonyl (C=O) groups excluding carboxylic acids is 1. The summed E-state index contributed by atoms with van der Waals surface area (Å²) >= 11 is 3.36. The minimum atomic E-state index is -0.427. The fourth-order valence-electron chi connectivity index (χ4n) is 1.98. The number of hydrogen-bond donors (Lipinski definition) is 2. The Morgan fingerprint density at radius 2 is 1.71 bits per heavy atom. The molecule has 3 rings (SSSR count). The largest absolute Gasteiger partial charge is 0.322 e. The van der Waals surface area contributed by atoms with Crippen LogP contribution in [0.2, 0.25) is 0 Å². The molecule has 2 aromatic carbocycles. The van der Waals surface area contributed by atoms with Crippen LogP contribution in [0.15, 0.2) is 65.3 Å². The van der Waals surface area contributed by atoms with Gasteiger partial charge >= 0.3 is 0 Å². The van der Waals surface area contributed by atoms with Crippen LogP contribution in [-0.2, 0) is 0 Å². The molecule has 0 saturated heterocycles. The highest BCUT2D eigenvalue weighted by Gasteiger charge is 2.11. The van der Waals surface area contributed by atoms with E-state index in [4.69, 9.17) is 0 Å². The molecule has 0 aliphatic rings. The maximum atomic E-state index is 13.7. The molecule has 3 aromatic rings. The van der Waals surface area contributed by atoms with Crippen LogP contribution in [0.1, 0.15) is 10.5 Å². The zero-order valence-corrected chi connectivity index (χ0v) is 13.9. The molecule has 120 valence electrons. The van der Waals surface area contributed by atoms with Crippen molar-refractivity contribution in [2.45, 2.75) is 0 Å². The second-order valence-electron chi connectivity index (χ2n) is 4.80. The fraction of sp³-hybridized carbons (Fsp3) is 0. The second-order valence-corrected chi connectivity index (χ2v) is 5.66. The molecule has 0 fully saturated rings. The van der Waals surface area contributed by atoms with Crippen LogP contribution in [0.25, 0.3) is 0 Å². The quantitative estimate of drug-likeness (QED) is 0.698. The summed E-state index contributed by atoms with van der Waals surface area (Å²) in [4.78, 5) is 20.4. The van der Waals surface area contributed by atoms with Crippen molar-refractivity contribution in [1.82, 2.24) is 9.97 Å². The second kappa shape index (κ2) is 7.18. The van der Waals surface area contributed by atoms with Crippen molar-refractivity contribution in [3.05, 3.63) is 76.8 Å². The average molecular weight is 387 g/mol. The molecule has 24 heavy (non-hydrogen) atoms. The van der Waals surface area contributed by atoms with E-state index >= 15 is 0 Å². The van der Waals surface area contributed by atoms with Gasteiger partial charge in [0, 0.05) is 10.7 Å². The van der Waals surface area contributed by atoms with Crippen LogP contribution in [-0.4, -0.2) is 15.9 Å². The first-order valence-electron chi connectivity index (χ1n) is 7.04. The zero-order chi connectivity index (χ0) is 16.9. The van der Waals surface area contributed by atoms with Gasteiger partial charge in [-0.1, -0.05) is 24.3 Å². The van der Waals surface area contributed by atoms with Gasteiger partial charge in [0.05, 0.1) is 11.4 Å². The Bertz CT molecular complexity index is 888. The number of nitrogens with one attached hydrogen (secondary N) is 2. The van der Waals surface area contributed by atoms with E-state index in [0.29, 0.717) is 5.69 Å². The van der Waals surface area contributed by atoms with Crippen molar-refractivity contribution in [1.29, 1.82) is 0 Å². The summed E-state index contributed by atoms with van der Waals surface area (Å²) in [6.45, 7) is 0. The molecular weight excluding hydrogens is 375 g/mol. The summed E-state index contributed by atoms with van der Waals surface area (Å²) in [5, 5.41) is 5.51. The molecule has 2 N–H and O–H groups in total. The maximum Gasteiger partial charge on any atom is 0.274 e. The lowest BCUT2D eigenvalue weighted by molar-refractivity contribution is 0.102. The summed E-state index contributed by atoms with van der Waals surface area (Å²) in [6.07, 6.45) is 1.44. The molecule has 0 radical (unpaired) electrons. The molecule has 1 amide bonds. The Balaban J connectivity index is 1.79. The van der Waals surface area contributed by atoms with Crippen LogP contribution < -0.4 is 10.6 Å². The lowest BCUT2D eigenvalue weighted by Crippen LogP contribution is -2.15. The van der Waals surface area contributed by atoms with Gasteiger partial charge in [0.2, 0.25) is 5.95 Å². The van der Waals surface area contributed by atoms with E-state index in [1.54, 1.807) is 24.3 Å². The monoisotopic (exact) mass is 386 g/mol. The lowest BCUT2D eigenvalue weighted by Gasteiger charge is -2.09. The highest BCUT2D eigenvalue weighted by atomic mass is 79.9. The molecule has 0 aliphatic carbocycles. The van der Waals surface area contributed by atoms with Gasteiger partial charge in [-0.15, -0.1) is 0 Å². The van der Waals surface area contributed by atoms with Gasteiger partial charge in [-0.05, 0) is 46.3 Å². The van der Waals surface area contributed by atoms with Crippen molar-refractivity contribution in [2.75, 3.05) is 10.6 Å². The number of benzene rings is 2. The first-order chi connectivity index (χ1) is 11.6. The highest BCUT2D eigenvalue weighted by molar-refractivity contribution is 9.10. The van der Waals surface area contributed by atoms with Crippen LogP contribution in [0, 0.1) is 5.82 Å². The lowest BCUT2D eigenvalue weighted by atomic mass is 10.3. The summed E-state index contributed by atoms with van der Waals surface area (Å²) in [5.41, 5.74) is 1.03. The van der Waals surface area contributed by atoms with E-state index in [2.05, 4.69) is 36.5 Å². The number of halogens is 2. The van der Waals surface area contributed by atoms with Crippen molar-refractivity contribution < 1.29 is 9.18 Å². The topological polar surface area (TPSA) is 66.9 Å². The highest BCUT2D eigenvalue weighted by Crippen LogP contribution is 2.22. The SMILES string of the molecule is O=C(Nc1ccccc1Br)c1ccnc(Nc2ccccc2F)n1. The van der Waals surface area contributed by atoms with Crippen molar-refractivity contribution in [3.8, 4) is 0 Å². The molecule has 0 saturated carbocycles. The summed E-state index contributed by atoms with van der Waals surface area (Å²) in [7, 11) is 0. The molecule has 0 spiro atoms. The average Bonchev–Trinajstić information content (AvgIpc) is 2.59. The van der Waals surface area contributed by atoms with Gasteiger partial charge in [-0.2, -0.15) is 0 Å². The van der Waals surface area contributed by atoms with Gasteiger partial charge < -0.3 is 10.6 Å². The molecule has 0 bridgehead atoms. The minimum absolute atomic E-state index is 0.139. The van der Waals surface area contributed by atoms with E-state index in [0.717, 1.165) is 4.47 Å². The van der Waals surface area contributed by atoms with Crippen LogP contribution >= 0.6 is 15.9 Å². The summed E-state index contributed by atoms with van der Waals surface area (Å²) in [5.74, 6) is -0.676. The minimum Gasteiger partial charge on any atom is -0.322 e. The Morgan fingerprint density at radius 1 is 1.00 bits per heavy atom. The van der Waals surface area contributed by atoms with E-state index < -0.39 is 5.82 Å². The third-order valence-corrected chi connectivity index (χ3v) is 3.82. The Morgan fingerprint density at radius 3 is 2.46 bits per heavy atom. The van der Waals surface area contributed by atoms with E-state index in [1.807, 2.05) is 18.2 Å². The third-order valence-electron chi connectivity index (χ3n) is 3.13. The smallest absolute Gasteiger partial charge is 0.274 e. The number of amides is 1. The van der Waals surface area contributed by atoms with Crippen LogP contribution in [0.5, 0.6) is 0 Å². The van der Waals surface area contributed by atoms with E-state index in [9.17, 15) is 9.18 Å². The molecular formula is C17H12BrFN4O. The first-order valence-corrected chi connectivity index (χ1v) is 7.83. The van der Waals surface area contributed by atoms with E-state index in [1.165, 1.54) is 18.3 Å². The molecule has 0 unspecified atom stereocenters. The molecule has 1 heterocycles. The van der Waals surface area contributed by atoms with Crippen LogP contribution in [0.3, 0.4) is 0 Å². The number of anilines is 3. The summed E-state index contributed by atoms with van der Waals surface area (Å²) < 4.78 is 14.4. The van der Waals surface area contributed by atoms with Crippen molar-refractivity contribution in [3.63, 3.8) is 0 Å². The number of carbonyl (C=O) groups is 1. The molecule has 0 atom stereocenters. The third kappa shape index (κ3) is 3.75. The molecule has 1 aromatic heterocycles. The van der Waals surface area contributed by atoms with Gasteiger partial charge in [0.25, 0.3) is 5.91 Å². The van der Waals surface area contributed by atoms with E-state index in [-0.39, 0.29) is 23.2 Å². The van der Waals surface area contributed by atoms with Crippen molar-refractivity contribution >= 4 is 39.2 Å². The standard InChI is InChI=1S/C17H12BrFN4O/c18-11-5-1-3-7-13(11)21-16(24)15-9-10-20-17(23-15)22-14-8-4-2-6-12(14)19/h1-10H,(H,21,24)(H,20,22,23). The first kappa shape index (κ1) is 16.1. The van der Waals surface area contributed by atoms with Gasteiger partial charge in [0.15, 0.2) is 0 Å². The van der Waals surface area contributed by atoms with Crippen molar-refractivity contribution in [2.24, 2.45) is 0 Å².